The molecular weight excluding hydrogens is 463 g/mol. The highest BCUT2D eigenvalue weighted by Gasteiger charge is 2.06. The van der Waals surface area contributed by atoms with E-state index in [0.29, 0.717) is 0 Å². The summed E-state index contributed by atoms with van der Waals surface area (Å²) < 4.78 is 26.3. The molecule has 0 aliphatic carbocycles. The predicted molar refractivity (Wildman–Crippen MR) is 133 cm³/mol. The lowest BCUT2D eigenvalue weighted by molar-refractivity contribution is -0.870. The summed E-state index contributed by atoms with van der Waals surface area (Å²) in [6, 6.07) is 0. The van der Waals surface area contributed by atoms with Crippen LogP contribution in [0, 0.1) is 0 Å². The quantitative estimate of drug-likeness (QED) is 0.156. The monoisotopic (exact) mass is 518 g/mol. The summed E-state index contributed by atoms with van der Waals surface area (Å²) in [6.07, 6.45) is 6.25. The van der Waals surface area contributed by atoms with E-state index in [4.69, 9.17) is 19.7 Å². The van der Waals surface area contributed by atoms with Crippen LogP contribution in [0.2, 0.25) is 0 Å². The minimum Gasteiger partial charge on any atom is -0.790 e. The van der Waals surface area contributed by atoms with Crippen LogP contribution in [0.25, 0.3) is 0 Å². The Kier molecular flexibility index (Phi) is 26.3. The van der Waals surface area contributed by atoms with Crippen molar-refractivity contribution in [2.75, 3.05) is 95.0 Å². The van der Waals surface area contributed by atoms with Crippen molar-refractivity contribution in [3.63, 3.8) is 0 Å². The second-order valence-corrected chi connectivity index (χ2v) is 11.4. The molecule has 2 N–H and O–H groups in total. The minimum atomic E-state index is -5.00. The van der Waals surface area contributed by atoms with Crippen molar-refractivity contribution in [3.05, 3.63) is 0 Å². The molecular formula is C23H55N2O8P. The first-order chi connectivity index (χ1) is 15.6. The Hall–Kier alpha value is -0.130. The zero-order valence-corrected chi connectivity index (χ0v) is 24.1. The zero-order chi connectivity index (χ0) is 27.1. The van der Waals surface area contributed by atoms with Crippen LogP contribution in [0.1, 0.15) is 52.4 Å². The Morgan fingerprint density at radius 3 is 1.41 bits per heavy atom. The van der Waals surface area contributed by atoms with Crippen molar-refractivity contribution < 1.29 is 47.5 Å². The Morgan fingerprint density at radius 1 is 0.765 bits per heavy atom. The van der Waals surface area contributed by atoms with Crippen LogP contribution in [0.4, 0.5) is 0 Å². The number of hydrogen-bond acceptors (Lipinski definition) is 8. The molecule has 0 aromatic heterocycles. The lowest BCUT2D eigenvalue weighted by Gasteiger charge is -2.29. The molecule has 0 heterocycles. The molecule has 0 radical (unpaired) electrons. The molecule has 1 atom stereocenters. The van der Waals surface area contributed by atoms with E-state index in [1.54, 1.807) is 0 Å². The maximum atomic E-state index is 9.71. The molecule has 0 saturated heterocycles. The lowest BCUT2D eigenvalue weighted by Crippen LogP contribution is -2.37. The van der Waals surface area contributed by atoms with Gasteiger partial charge < -0.3 is 47.5 Å². The SMILES string of the molecule is CCCCCOCC[N+](C)(C)C.CCCCCOCC[N+](C)(C)C.O=P([O-])([O-])OCC(O)CO. The Balaban J connectivity index is -0.000000426. The van der Waals surface area contributed by atoms with Gasteiger partial charge in [-0.3, -0.25) is 0 Å². The first-order valence-electron chi connectivity index (χ1n) is 12.3. The molecule has 0 rings (SSSR count). The molecule has 1 unspecified atom stereocenters. The zero-order valence-electron chi connectivity index (χ0n) is 23.2. The molecule has 0 bridgehead atoms. The van der Waals surface area contributed by atoms with Gasteiger partial charge in [0, 0.05) is 13.2 Å². The van der Waals surface area contributed by atoms with Crippen LogP contribution < -0.4 is 9.79 Å². The van der Waals surface area contributed by atoms with E-state index in [0.717, 1.165) is 48.5 Å². The number of nitrogens with zero attached hydrogens (tertiary/aromatic N) is 2. The molecule has 10 nitrogen and oxygen atoms in total. The van der Waals surface area contributed by atoms with Gasteiger partial charge in [0.15, 0.2) is 0 Å². The van der Waals surface area contributed by atoms with E-state index < -0.39 is 27.1 Å². The molecule has 0 spiro atoms. The summed E-state index contributed by atoms with van der Waals surface area (Å²) in [5, 5.41) is 16.6. The van der Waals surface area contributed by atoms with Crippen LogP contribution in [0.3, 0.4) is 0 Å². The molecule has 11 heteroatoms. The predicted octanol–water partition coefficient (Wildman–Crippen LogP) is 0.984. The summed E-state index contributed by atoms with van der Waals surface area (Å²) in [7, 11) is 8.14. The topological polar surface area (TPSA) is 131 Å². The van der Waals surface area contributed by atoms with Gasteiger partial charge in [-0.15, -0.1) is 0 Å². The highest BCUT2D eigenvalue weighted by atomic mass is 31.2. The lowest BCUT2D eigenvalue weighted by atomic mass is 10.3. The highest BCUT2D eigenvalue weighted by molar-refractivity contribution is 7.43. The third-order valence-corrected chi connectivity index (χ3v) is 4.70. The van der Waals surface area contributed by atoms with E-state index in [1.807, 2.05) is 0 Å². The molecule has 0 aromatic carbocycles. The van der Waals surface area contributed by atoms with Crippen LogP contribution in [0.5, 0.6) is 0 Å². The number of unbranched alkanes of at least 4 members (excludes halogenated alkanes) is 4. The van der Waals surface area contributed by atoms with E-state index in [1.165, 1.54) is 38.5 Å². The number of ether oxygens (including phenoxy) is 2. The normalized spacial score (nSPS) is 12.9. The number of phosphoric ester groups is 1. The second kappa shape index (κ2) is 23.3. The number of likely N-dealkylation sites (N-methyl/N-ethyl adjacent to an activating group) is 2. The summed E-state index contributed by atoms with van der Waals surface area (Å²) in [6.45, 7) is 8.97. The van der Waals surface area contributed by atoms with E-state index in [-0.39, 0.29) is 0 Å². The summed E-state index contributed by atoms with van der Waals surface area (Å²) in [5.74, 6) is 0. The maximum absolute atomic E-state index is 9.71. The van der Waals surface area contributed by atoms with Gasteiger partial charge >= 0.3 is 0 Å². The maximum Gasteiger partial charge on any atom is 0.102 e. The molecule has 210 valence electrons. The second-order valence-electron chi connectivity index (χ2n) is 10.2. The molecule has 0 aromatic rings. The highest BCUT2D eigenvalue weighted by Crippen LogP contribution is 2.24. The Bertz CT molecular complexity index is 439. The number of aliphatic hydroxyl groups excluding tert-OH is 2. The number of aliphatic hydroxyl groups is 2. The van der Waals surface area contributed by atoms with Crippen molar-refractivity contribution in [2.45, 2.75) is 58.5 Å². The van der Waals surface area contributed by atoms with Gasteiger partial charge in [-0.1, -0.05) is 39.5 Å². The van der Waals surface area contributed by atoms with Crippen LogP contribution in [-0.2, 0) is 18.6 Å². The number of quaternary nitrogens is 2. The third kappa shape index (κ3) is 45.4. The van der Waals surface area contributed by atoms with Gasteiger partial charge in [0.2, 0.25) is 0 Å². The average molecular weight is 519 g/mol. The molecule has 0 aliphatic heterocycles. The minimum absolute atomic E-state index is 0.639. The van der Waals surface area contributed by atoms with Crippen LogP contribution in [0.15, 0.2) is 0 Å². The summed E-state index contributed by atoms with van der Waals surface area (Å²) in [4.78, 5) is 19.4. The number of rotatable bonds is 18. The van der Waals surface area contributed by atoms with Crippen molar-refractivity contribution >= 4 is 7.82 Å². The first-order valence-corrected chi connectivity index (χ1v) is 13.8. The largest absolute Gasteiger partial charge is 0.790 e. The third-order valence-electron chi connectivity index (χ3n) is 4.23. The van der Waals surface area contributed by atoms with E-state index >= 15 is 0 Å². The fraction of sp³-hybridized carbons (Fsp3) is 1.00. The molecule has 34 heavy (non-hydrogen) atoms. The van der Waals surface area contributed by atoms with E-state index in [9.17, 15) is 14.4 Å². The van der Waals surface area contributed by atoms with Gasteiger partial charge in [-0.25, -0.2) is 0 Å². The molecule has 0 amide bonds. The van der Waals surface area contributed by atoms with Gasteiger partial charge in [-0.2, -0.15) is 0 Å². The Labute approximate surface area is 209 Å². The summed E-state index contributed by atoms with van der Waals surface area (Å²) >= 11 is 0. The van der Waals surface area contributed by atoms with Gasteiger partial charge in [0.05, 0.1) is 76.5 Å². The van der Waals surface area contributed by atoms with Crippen molar-refractivity contribution in [3.8, 4) is 0 Å². The smallest absolute Gasteiger partial charge is 0.102 e. The number of hydrogen-bond donors (Lipinski definition) is 2. The first kappa shape index (κ1) is 38.4. The van der Waals surface area contributed by atoms with Gasteiger partial charge in [0.1, 0.15) is 19.2 Å². The standard InChI is InChI=1S/2C10H24NO.C3H9O6P/c2*1-5-6-7-9-12-10-8-11(2,3)4;4-1-3(5)2-9-10(6,7)8/h2*5-10H2,1-4H3;3-5H,1-2H2,(H2,6,7,8)/q2*+1;/p-2. The fourth-order valence-electron chi connectivity index (χ4n) is 2.02. The van der Waals surface area contributed by atoms with Crippen LogP contribution in [-0.4, -0.2) is 120 Å². The Morgan fingerprint density at radius 2 is 1.15 bits per heavy atom. The van der Waals surface area contributed by atoms with Gasteiger partial charge in [-0.05, 0) is 12.8 Å². The molecule has 0 aliphatic rings. The van der Waals surface area contributed by atoms with Crippen molar-refractivity contribution in [2.24, 2.45) is 0 Å². The van der Waals surface area contributed by atoms with E-state index in [2.05, 4.69) is 60.7 Å². The van der Waals surface area contributed by atoms with Crippen LogP contribution >= 0.6 is 7.82 Å². The number of phosphoric acid groups is 1. The molecule has 0 saturated carbocycles. The van der Waals surface area contributed by atoms with Crippen molar-refractivity contribution in [1.29, 1.82) is 0 Å². The van der Waals surface area contributed by atoms with Crippen molar-refractivity contribution in [1.82, 2.24) is 0 Å². The average Bonchev–Trinajstić information content (AvgIpc) is 2.70. The van der Waals surface area contributed by atoms with Gasteiger partial charge in [0.25, 0.3) is 0 Å². The molecule has 0 fully saturated rings. The summed E-state index contributed by atoms with van der Waals surface area (Å²) in [5.41, 5.74) is 0. The fourth-order valence-corrected chi connectivity index (χ4v) is 2.37.